The molecule has 5 nitrogen and oxygen atoms in total. The van der Waals surface area contributed by atoms with Crippen LogP contribution in [0.5, 0.6) is 0 Å². The van der Waals surface area contributed by atoms with Crippen molar-refractivity contribution in [2.45, 2.75) is 50.1 Å². The highest BCUT2D eigenvalue weighted by Gasteiger charge is 2.78. The molecular weight excluding hydrogens is 318 g/mol. The number of alkyl halides is 2. The first-order chi connectivity index (χ1) is 10.1. The lowest BCUT2D eigenvalue weighted by molar-refractivity contribution is -0.316. The Kier molecular flexibility index (Phi) is 3.07. The molecule has 0 aliphatic heterocycles. The highest BCUT2D eigenvalue weighted by molar-refractivity contribution is 8.20. The summed E-state index contributed by atoms with van der Waals surface area (Å²) >= 11 is 0. The van der Waals surface area contributed by atoms with Crippen molar-refractivity contribution in [3.63, 3.8) is 0 Å². The third-order valence-electron chi connectivity index (χ3n) is 7.06. The zero-order valence-corrected chi connectivity index (χ0v) is 12.9. The van der Waals surface area contributed by atoms with Gasteiger partial charge >= 0.3 is 5.25 Å². The summed E-state index contributed by atoms with van der Waals surface area (Å²) in [5.74, 6) is 2.07. The average Bonchev–Trinajstić information content (AvgIpc) is 2.77. The lowest BCUT2D eigenvalue weighted by atomic mass is 9.29. The predicted molar refractivity (Wildman–Crippen MR) is 75.4 cm³/mol. The van der Waals surface area contributed by atoms with Gasteiger partial charge in [0, 0.05) is 5.41 Å². The molecule has 0 amide bonds. The van der Waals surface area contributed by atoms with E-state index in [0.29, 0.717) is 11.8 Å². The van der Waals surface area contributed by atoms with Crippen LogP contribution in [0.1, 0.15) is 38.5 Å². The molecular formula is C14H22F2O5S. The Bertz CT molecular complexity index is 486. The molecule has 0 aromatic heterocycles. The van der Waals surface area contributed by atoms with Crippen molar-refractivity contribution < 1.29 is 32.3 Å². The van der Waals surface area contributed by atoms with Crippen molar-refractivity contribution in [3.05, 3.63) is 0 Å². The van der Waals surface area contributed by atoms with Gasteiger partial charge in [0.15, 0.2) is 10.9 Å². The third-order valence-corrected chi connectivity index (χ3v) is 7.99. The van der Waals surface area contributed by atoms with Crippen molar-refractivity contribution in [3.8, 4) is 0 Å². The number of fused-ring (bicyclic) bond motifs is 1. The Hall–Kier alpha value is 0.01000. The molecule has 4 aliphatic carbocycles. The number of aliphatic hydroxyl groups is 1. The Morgan fingerprint density at radius 2 is 1.82 bits per heavy atom. The second-order valence-corrected chi connectivity index (χ2v) is 9.33. The highest BCUT2D eigenvalue weighted by atomic mass is 32.3. The Balaban J connectivity index is 1.44. The molecule has 0 saturated heterocycles. The molecule has 0 heterocycles. The van der Waals surface area contributed by atoms with E-state index in [1.54, 1.807) is 0 Å². The highest BCUT2D eigenvalue weighted by Crippen LogP contribution is 2.84. The van der Waals surface area contributed by atoms with Gasteiger partial charge in [0.05, 0.1) is 6.61 Å². The van der Waals surface area contributed by atoms with Gasteiger partial charge < -0.3 is 23.5 Å². The van der Waals surface area contributed by atoms with Gasteiger partial charge in [-0.1, -0.05) is 6.42 Å². The van der Waals surface area contributed by atoms with Crippen LogP contribution in [-0.4, -0.2) is 36.9 Å². The number of hydrogen-bond donors (Lipinski definition) is 4. The summed E-state index contributed by atoms with van der Waals surface area (Å²) in [6.07, 6.45) is 4.05. The van der Waals surface area contributed by atoms with Gasteiger partial charge in [-0.2, -0.15) is 8.78 Å². The topological polar surface area (TPSA) is 90.2 Å². The van der Waals surface area contributed by atoms with Crippen LogP contribution in [0.15, 0.2) is 0 Å². The zero-order valence-electron chi connectivity index (χ0n) is 12.1. The fourth-order valence-corrected chi connectivity index (χ4v) is 6.59. The Morgan fingerprint density at radius 3 is 2.50 bits per heavy atom. The van der Waals surface area contributed by atoms with E-state index < -0.39 is 22.4 Å². The SMILES string of the molecule is OC(OCC12CC3CCC4CC(C1)C32C4)C(F)(F)S(O)(O)O. The molecule has 6 unspecified atom stereocenters. The fourth-order valence-electron chi connectivity index (χ4n) is 6.25. The van der Waals surface area contributed by atoms with Crippen molar-refractivity contribution in [2.24, 2.45) is 28.6 Å². The summed E-state index contributed by atoms with van der Waals surface area (Å²) in [6.45, 7) is -0.000995. The van der Waals surface area contributed by atoms with Crippen LogP contribution in [0.2, 0.25) is 0 Å². The maximum absolute atomic E-state index is 13.5. The summed E-state index contributed by atoms with van der Waals surface area (Å²) in [5.41, 5.74) is 0.0828. The molecule has 4 saturated carbocycles. The summed E-state index contributed by atoms with van der Waals surface area (Å²) < 4.78 is 58.0. The first-order valence-corrected chi connectivity index (χ1v) is 9.30. The average molecular weight is 340 g/mol. The van der Waals surface area contributed by atoms with Gasteiger partial charge in [0.25, 0.3) is 0 Å². The lowest BCUT2D eigenvalue weighted by Gasteiger charge is -2.75. The Morgan fingerprint density at radius 1 is 1.14 bits per heavy atom. The van der Waals surface area contributed by atoms with Gasteiger partial charge in [-0.3, -0.25) is 0 Å². The summed E-state index contributed by atoms with van der Waals surface area (Å²) in [4.78, 5) is 0. The number of aliphatic hydroxyl groups excluding tert-OH is 1. The first kappa shape index (κ1) is 15.5. The maximum atomic E-state index is 13.5. The molecule has 6 atom stereocenters. The minimum Gasteiger partial charge on any atom is -0.362 e. The molecule has 8 heteroatoms. The van der Waals surface area contributed by atoms with Gasteiger partial charge in [-0.25, -0.2) is 0 Å². The number of rotatable bonds is 5. The van der Waals surface area contributed by atoms with Crippen LogP contribution in [-0.2, 0) is 4.74 Å². The fraction of sp³-hybridized carbons (Fsp3) is 1.00. The maximum Gasteiger partial charge on any atom is 0.390 e. The standard InChI is InChI=1S/C14H22F2O5S/c15-14(16,22(18,19)20)11(17)21-7-12-5-9-2-1-8-3-10(6-12)13(9,12)4-8/h8-11,17-20H,1-7H2. The van der Waals surface area contributed by atoms with Gasteiger partial charge in [-0.15, -0.1) is 0 Å². The van der Waals surface area contributed by atoms with Crippen molar-refractivity contribution >= 4 is 10.9 Å². The third kappa shape index (κ3) is 1.66. The van der Waals surface area contributed by atoms with Crippen molar-refractivity contribution in [1.29, 1.82) is 0 Å². The summed E-state index contributed by atoms with van der Waals surface area (Å²) in [6, 6.07) is 0. The molecule has 128 valence electrons. The van der Waals surface area contributed by atoms with Gasteiger partial charge in [0.1, 0.15) is 0 Å². The molecule has 4 aliphatic rings. The monoisotopic (exact) mass is 340 g/mol. The summed E-state index contributed by atoms with van der Waals surface area (Å²) in [7, 11) is -5.19. The Labute approximate surface area is 129 Å². The summed E-state index contributed by atoms with van der Waals surface area (Å²) in [5, 5.41) is 4.97. The predicted octanol–water partition coefficient (Wildman–Crippen LogP) is 3.35. The van der Waals surface area contributed by atoms with Crippen molar-refractivity contribution in [1.82, 2.24) is 0 Å². The second-order valence-electron chi connectivity index (χ2n) is 7.75. The second kappa shape index (κ2) is 4.34. The van der Waals surface area contributed by atoms with Gasteiger partial charge in [0.2, 0.25) is 6.29 Å². The normalized spacial score (nSPS) is 48.2. The van der Waals surface area contributed by atoms with Crippen LogP contribution < -0.4 is 0 Å². The largest absolute Gasteiger partial charge is 0.390 e. The van der Waals surface area contributed by atoms with Crippen LogP contribution in [0, 0.1) is 28.6 Å². The van der Waals surface area contributed by atoms with E-state index in [2.05, 4.69) is 0 Å². The molecule has 22 heavy (non-hydrogen) atoms. The van der Waals surface area contributed by atoms with E-state index in [1.165, 1.54) is 19.3 Å². The van der Waals surface area contributed by atoms with E-state index in [-0.39, 0.29) is 17.4 Å². The minimum absolute atomic E-state index is 0.000995. The van der Waals surface area contributed by atoms with E-state index in [1.807, 2.05) is 0 Å². The molecule has 4 fully saturated rings. The van der Waals surface area contributed by atoms with Crippen molar-refractivity contribution in [2.75, 3.05) is 6.61 Å². The van der Waals surface area contributed by atoms with Gasteiger partial charge in [-0.05, 0) is 55.3 Å². The van der Waals surface area contributed by atoms with Crippen LogP contribution >= 0.6 is 10.9 Å². The molecule has 0 radical (unpaired) electrons. The van der Waals surface area contributed by atoms with Crippen LogP contribution in [0.25, 0.3) is 0 Å². The smallest absolute Gasteiger partial charge is 0.362 e. The van der Waals surface area contributed by atoms with E-state index >= 15 is 0 Å². The first-order valence-electron chi connectivity index (χ1n) is 7.80. The molecule has 0 aromatic rings. The molecule has 1 spiro atoms. The van der Waals surface area contributed by atoms with E-state index in [4.69, 9.17) is 18.4 Å². The number of ether oxygens (including phenoxy) is 1. The molecule has 2 bridgehead atoms. The number of hydrogen-bond acceptors (Lipinski definition) is 5. The molecule has 0 aromatic carbocycles. The quantitative estimate of drug-likeness (QED) is 0.576. The zero-order chi connectivity index (χ0) is 16.0. The lowest BCUT2D eigenvalue weighted by Crippen LogP contribution is -2.71. The number of halogens is 2. The molecule has 4 N–H and O–H groups in total. The minimum atomic E-state index is -5.19. The molecule has 4 rings (SSSR count). The van der Waals surface area contributed by atoms with Crippen LogP contribution in [0.3, 0.4) is 0 Å². The van der Waals surface area contributed by atoms with E-state index in [0.717, 1.165) is 25.2 Å². The van der Waals surface area contributed by atoms with Crippen LogP contribution in [0.4, 0.5) is 8.78 Å². The van der Waals surface area contributed by atoms with E-state index in [9.17, 15) is 13.9 Å².